The van der Waals surface area contributed by atoms with Crippen LogP contribution in [-0.2, 0) is 4.79 Å². The molecule has 0 atom stereocenters. The summed E-state index contributed by atoms with van der Waals surface area (Å²) in [6, 6.07) is 5.67. The standard InChI is InChI=1S/C20H27FO2/c1-14-12-16(13-14)3-2-15-4-6-17(7-5-15)20(22)23-19-10-8-18(21)9-11-19/h8-11,14-17H,2-7,12-13H2,1H3/t14-,15?,16-,17?. The van der Waals surface area contributed by atoms with Gasteiger partial charge in [0, 0.05) is 0 Å². The number of esters is 1. The van der Waals surface area contributed by atoms with Gasteiger partial charge >= 0.3 is 5.97 Å². The molecule has 0 aromatic heterocycles. The predicted molar refractivity (Wildman–Crippen MR) is 88.6 cm³/mol. The van der Waals surface area contributed by atoms with Gasteiger partial charge in [0.15, 0.2) is 0 Å². The molecule has 2 fully saturated rings. The van der Waals surface area contributed by atoms with Gasteiger partial charge in [-0.1, -0.05) is 19.8 Å². The average Bonchev–Trinajstić information content (AvgIpc) is 2.53. The van der Waals surface area contributed by atoms with Crippen LogP contribution in [0.25, 0.3) is 0 Å². The van der Waals surface area contributed by atoms with Crippen LogP contribution in [0.1, 0.15) is 58.3 Å². The summed E-state index contributed by atoms with van der Waals surface area (Å²) in [5.74, 6) is 2.69. The number of rotatable bonds is 5. The van der Waals surface area contributed by atoms with Gasteiger partial charge in [0.1, 0.15) is 11.6 Å². The maximum absolute atomic E-state index is 12.9. The molecule has 0 amide bonds. The highest BCUT2D eigenvalue weighted by atomic mass is 19.1. The maximum Gasteiger partial charge on any atom is 0.314 e. The molecule has 0 radical (unpaired) electrons. The maximum atomic E-state index is 12.9. The smallest absolute Gasteiger partial charge is 0.314 e. The molecule has 0 bridgehead atoms. The Kier molecular flexibility index (Phi) is 5.34. The van der Waals surface area contributed by atoms with Crippen molar-refractivity contribution in [1.29, 1.82) is 0 Å². The van der Waals surface area contributed by atoms with Gasteiger partial charge in [-0.15, -0.1) is 0 Å². The van der Waals surface area contributed by atoms with Crippen molar-refractivity contribution < 1.29 is 13.9 Å². The molecule has 3 heteroatoms. The van der Waals surface area contributed by atoms with Crippen molar-refractivity contribution in [2.24, 2.45) is 23.7 Å². The quantitative estimate of drug-likeness (QED) is 0.539. The Labute approximate surface area is 138 Å². The number of hydrogen-bond acceptors (Lipinski definition) is 2. The minimum atomic E-state index is -0.314. The van der Waals surface area contributed by atoms with E-state index in [2.05, 4.69) is 6.92 Å². The van der Waals surface area contributed by atoms with E-state index in [1.807, 2.05) is 0 Å². The zero-order chi connectivity index (χ0) is 16.2. The summed E-state index contributed by atoms with van der Waals surface area (Å²) in [5.41, 5.74) is 0. The summed E-state index contributed by atoms with van der Waals surface area (Å²) in [7, 11) is 0. The Hall–Kier alpha value is -1.38. The minimum Gasteiger partial charge on any atom is -0.426 e. The van der Waals surface area contributed by atoms with Crippen LogP contribution in [0.2, 0.25) is 0 Å². The summed E-state index contributed by atoms with van der Waals surface area (Å²) >= 11 is 0. The second-order valence-corrected chi connectivity index (χ2v) is 7.61. The molecule has 1 aromatic carbocycles. The van der Waals surface area contributed by atoms with Gasteiger partial charge in [0.2, 0.25) is 0 Å². The summed E-state index contributed by atoms with van der Waals surface area (Å²) in [5, 5.41) is 0. The molecule has 3 rings (SSSR count). The van der Waals surface area contributed by atoms with Gasteiger partial charge in [-0.3, -0.25) is 4.79 Å². The fourth-order valence-corrected chi connectivity index (χ4v) is 4.17. The lowest BCUT2D eigenvalue weighted by atomic mass is 9.71. The highest BCUT2D eigenvalue weighted by molar-refractivity contribution is 5.75. The van der Waals surface area contributed by atoms with Crippen molar-refractivity contribution in [1.82, 2.24) is 0 Å². The first kappa shape index (κ1) is 16.5. The fraction of sp³-hybridized carbons (Fsp3) is 0.650. The van der Waals surface area contributed by atoms with Crippen molar-refractivity contribution in [3.63, 3.8) is 0 Å². The molecule has 2 aliphatic rings. The van der Waals surface area contributed by atoms with Crippen LogP contribution in [0.5, 0.6) is 5.75 Å². The second-order valence-electron chi connectivity index (χ2n) is 7.61. The van der Waals surface area contributed by atoms with E-state index in [0.29, 0.717) is 5.75 Å². The van der Waals surface area contributed by atoms with E-state index in [1.54, 1.807) is 0 Å². The van der Waals surface area contributed by atoms with Crippen LogP contribution < -0.4 is 4.74 Å². The average molecular weight is 318 g/mol. The van der Waals surface area contributed by atoms with Crippen LogP contribution in [0, 0.1) is 29.5 Å². The molecule has 23 heavy (non-hydrogen) atoms. The van der Waals surface area contributed by atoms with E-state index in [0.717, 1.165) is 43.4 Å². The summed E-state index contributed by atoms with van der Waals surface area (Å²) in [6.45, 7) is 2.34. The molecule has 1 aromatic rings. The molecule has 0 aliphatic heterocycles. The van der Waals surface area contributed by atoms with Crippen molar-refractivity contribution in [3.8, 4) is 5.75 Å². The van der Waals surface area contributed by atoms with Gasteiger partial charge in [-0.25, -0.2) is 4.39 Å². The topological polar surface area (TPSA) is 26.3 Å². The van der Waals surface area contributed by atoms with E-state index in [1.165, 1.54) is 49.9 Å². The number of ether oxygens (including phenoxy) is 1. The van der Waals surface area contributed by atoms with Crippen molar-refractivity contribution >= 4 is 5.97 Å². The lowest BCUT2D eigenvalue weighted by Crippen LogP contribution is -2.26. The molecule has 0 unspecified atom stereocenters. The molecule has 2 aliphatic carbocycles. The second kappa shape index (κ2) is 7.46. The van der Waals surface area contributed by atoms with E-state index >= 15 is 0 Å². The first-order valence-corrected chi connectivity index (χ1v) is 9.07. The summed E-state index contributed by atoms with van der Waals surface area (Å²) < 4.78 is 18.2. The minimum absolute atomic E-state index is 0.0139. The molecule has 126 valence electrons. The number of halogens is 1. The predicted octanol–water partition coefficient (Wildman–Crippen LogP) is 5.36. The van der Waals surface area contributed by atoms with E-state index in [9.17, 15) is 9.18 Å². The third-order valence-electron chi connectivity index (χ3n) is 5.67. The van der Waals surface area contributed by atoms with Gasteiger partial charge < -0.3 is 4.74 Å². The molecule has 0 heterocycles. The Bertz CT molecular complexity index is 511. The molecular formula is C20H27FO2. The number of benzene rings is 1. The number of hydrogen-bond donors (Lipinski definition) is 0. The lowest BCUT2D eigenvalue weighted by molar-refractivity contribution is -0.140. The van der Waals surface area contributed by atoms with Gasteiger partial charge in [0.25, 0.3) is 0 Å². The Morgan fingerprint density at radius 1 is 1.04 bits per heavy atom. The largest absolute Gasteiger partial charge is 0.426 e. The Morgan fingerprint density at radius 3 is 2.26 bits per heavy atom. The van der Waals surface area contributed by atoms with Crippen LogP contribution >= 0.6 is 0 Å². The first-order valence-electron chi connectivity index (χ1n) is 9.07. The molecule has 0 spiro atoms. The van der Waals surface area contributed by atoms with Crippen LogP contribution in [0.15, 0.2) is 24.3 Å². The van der Waals surface area contributed by atoms with E-state index < -0.39 is 0 Å². The van der Waals surface area contributed by atoms with E-state index in [-0.39, 0.29) is 17.7 Å². The highest BCUT2D eigenvalue weighted by Crippen LogP contribution is 2.39. The van der Waals surface area contributed by atoms with Crippen LogP contribution in [0.4, 0.5) is 4.39 Å². The summed E-state index contributed by atoms with van der Waals surface area (Å²) in [6.07, 6.45) is 9.70. The Morgan fingerprint density at radius 2 is 1.65 bits per heavy atom. The zero-order valence-electron chi connectivity index (χ0n) is 14.0. The van der Waals surface area contributed by atoms with Crippen molar-refractivity contribution in [2.45, 2.75) is 58.3 Å². The number of carbonyl (C=O) groups is 1. The third-order valence-corrected chi connectivity index (χ3v) is 5.67. The van der Waals surface area contributed by atoms with Gasteiger partial charge in [-0.2, -0.15) is 0 Å². The van der Waals surface area contributed by atoms with Crippen molar-refractivity contribution in [3.05, 3.63) is 30.1 Å². The highest BCUT2D eigenvalue weighted by Gasteiger charge is 2.30. The van der Waals surface area contributed by atoms with Crippen LogP contribution in [-0.4, -0.2) is 5.97 Å². The fourth-order valence-electron chi connectivity index (χ4n) is 4.17. The monoisotopic (exact) mass is 318 g/mol. The van der Waals surface area contributed by atoms with Gasteiger partial charge in [-0.05, 0) is 80.5 Å². The van der Waals surface area contributed by atoms with E-state index in [4.69, 9.17) is 4.74 Å². The Balaban J connectivity index is 1.38. The molecule has 0 saturated heterocycles. The van der Waals surface area contributed by atoms with Crippen molar-refractivity contribution in [2.75, 3.05) is 0 Å². The van der Waals surface area contributed by atoms with Crippen LogP contribution in [0.3, 0.4) is 0 Å². The zero-order valence-corrected chi connectivity index (χ0v) is 14.0. The lowest BCUT2D eigenvalue weighted by Gasteiger charge is -2.34. The third kappa shape index (κ3) is 4.55. The normalized spacial score (nSPS) is 30.5. The SMILES string of the molecule is C[C@H]1C[C@H](CCC2CCC(C(=O)Oc3ccc(F)cc3)CC2)C1. The molecular weight excluding hydrogens is 291 g/mol. The first-order chi connectivity index (χ1) is 11.1. The summed E-state index contributed by atoms with van der Waals surface area (Å²) in [4.78, 5) is 12.2. The van der Waals surface area contributed by atoms with Gasteiger partial charge in [0.05, 0.1) is 5.92 Å². The number of carbonyl (C=O) groups excluding carboxylic acids is 1. The molecule has 0 N–H and O–H groups in total. The molecule has 2 nitrogen and oxygen atoms in total. The molecule has 2 saturated carbocycles.